The number of nitrogens with one attached hydrogen (secondary N) is 2. The van der Waals surface area contributed by atoms with Gasteiger partial charge in [-0.05, 0) is 54.8 Å². The van der Waals surface area contributed by atoms with Gasteiger partial charge in [-0.3, -0.25) is 4.79 Å². The Labute approximate surface area is 180 Å². The number of H-pyrrole nitrogens is 1. The van der Waals surface area contributed by atoms with Gasteiger partial charge in [-0.15, -0.1) is 0 Å². The summed E-state index contributed by atoms with van der Waals surface area (Å²) in [6.45, 7) is 2.14. The van der Waals surface area contributed by atoms with Crippen LogP contribution in [0.4, 0.5) is 11.5 Å². The quantitative estimate of drug-likeness (QED) is 0.397. The van der Waals surface area contributed by atoms with E-state index in [0.717, 1.165) is 22.0 Å². The molecule has 156 valence electrons. The Balaban J connectivity index is 1.43. The SMILES string of the molecule is CCOC(=O)c1ccc(Cc2ccc(NC(=O)c3c(N)[nH]c4ccccc34)cc2)cc1. The van der Waals surface area contributed by atoms with Crippen LogP contribution in [0.15, 0.2) is 72.8 Å². The van der Waals surface area contributed by atoms with Crippen molar-refractivity contribution in [2.24, 2.45) is 0 Å². The Morgan fingerprint density at radius 3 is 2.26 bits per heavy atom. The number of rotatable bonds is 6. The van der Waals surface area contributed by atoms with Gasteiger partial charge in [0.05, 0.1) is 17.7 Å². The fraction of sp³-hybridized carbons (Fsp3) is 0.120. The zero-order valence-corrected chi connectivity index (χ0v) is 17.1. The monoisotopic (exact) mass is 413 g/mol. The number of nitrogen functional groups attached to an aromatic ring is 1. The number of aromatic nitrogens is 1. The largest absolute Gasteiger partial charge is 0.462 e. The van der Waals surface area contributed by atoms with Crippen LogP contribution in [-0.4, -0.2) is 23.5 Å². The summed E-state index contributed by atoms with van der Waals surface area (Å²) < 4.78 is 5.01. The second-order valence-electron chi connectivity index (χ2n) is 7.20. The summed E-state index contributed by atoms with van der Waals surface area (Å²) in [6.07, 6.45) is 0.715. The summed E-state index contributed by atoms with van der Waals surface area (Å²) in [6, 6.07) is 22.6. The molecule has 0 spiro atoms. The van der Waals surface area contributed by atoms with E-state index >= 15 is 0 Å². The van der Waals surface area contributed by atoms with Crippen molar-refractivity contribution in [3.8, 4) is 0 Å². The van der Waals surface area contributed by atoms with Gasteiger partial charge in [-0.1, -0.05) is 42.5 Å². The molecule has 31 heavy (non-hydrogen) atoms. The van der Waals surface area contributed by atoms with E-state index in [1.165, 1.54) is 0 Å². The summed E-state index contributed by atoms with van der Waals surface area (Å²) >= 11 is 0. The van der Waals surface area contributed by atoms with Crippen LogP contribution in [0.3, 0.4) is 0 Å². The molecule has 6 heteroatoms. The van der Waals surface area contributed by atoms with Crippen LogP contribution in [0, 0.1) is 0 Å². The molecule has 0 fully saturated rings. The Morgan fingerprint density at radius 1 is 0.935 bits per heavy atom. The Morgan fingerprint density at radius 2 is 1.58 bits per heavy atom. The number of para-hydroxylation sites is 1. The average molecular weight is 413 g/mol. The van der Waals surface area contributed by atoms with E-state index in [4.69, 9.17) is 10.5 Å². The lowest BCUT2D eigenvalue weighted by molar-refractivity contribution is 0.0526. The molecule has 1 amide bonds. The van der Waals surface area contributed by atoms with Crippen LogP contribution in [0.1, 0.15) is 38.8 Å². The molecule has 1 heterocycles. The van der Waals surface area contributed by atoms with Gasteiger partial charge in [-0.2, -0.15) is 0 Å². The van der Waals surface area contributed by atoms with E-state index < -0.39 is 0 Å². The van der Waals surface area contributed by atoms with E-state index in [9.17, 15) is 9.59 Å². The van der Waals surface area contributed by atoms with Crippen LogP contribution in [-0.2, 0) is 11.2 Å². The normalized spacial score (nSPS) is 10.7. The number of aromatic amines is 1. The number of fused-ring (bicyclic) bond motifs is 1. The van der Waals surface area contributed by atoms with E-state index in [1.54, 1.807) is 19.1 Å². The molecule has 4 aromatic rings. The van der Waals surface area contributed by atoms with Crippen molar-refractivity contribution in [1.29, 1.82) is 0 Å². The second kappa shape index (κ2) is 8.75. The number of amides is 1. The molecule has 0 aliphatic heterocycles. The highest BCUT2D eigenvalue weighted by Gasteiger charge is 2.16. The lowest BCUT2D eigenvalue weighted by Gasteiger charge is -2.08. The Hall–Kier alpha value is -4.06. The maximum absolute atomic E-state index is 12.8. The number of anilines is 2. The van der Waals surface area contributed by atoms with Gasteiger partial charge in [0.25, 0.3) is 5.91 Å². The van der Waals surface area contributed by atoms with Crippen molar-refractivity contribution in [3.05, 3.63) is 95.1 Å². The standard InChI is InChI=1S/C25H23N3O3/c1-2-31-25(30)18-11-7-16(8-12-18)15-17-9-13-19(14-10-17)27-24(29)22-20-5-3-4-6-21(20)28-23(22)26/h3-14,28H,2,15,26H2,1H3,(H,27,29). The van der Waals surface area contributed by atoms with Gasteiger partial charge < -0.3 is 20.8 Å². The Kier molecular flexibility index (Phi) is 5.71. The molecule has 0 unspecified atom stereocenters. The predicted octanol–water partition coefficient (Wildman–Crippen LogP) is 4.77. The molecule has 3 aromatic carbocycles. The number of carbonyl (C=O) groups excluding carboxylic acids is 2. The van der Waals surface area contributed by atoms with E-state index in [-0.39, 0.29) is 11.9 Å². The topological polar surface area (TPSA) is 97.2 Å². The molecule has 0 saturated heterocycles. The molecule has 4 N–H and O–H groups in total. The maximum atomic E-state index is 12.8. The first-order valence-electron chi connectivity index (χ1n) is 10.1. The van der Waals surface area contributed by atoms with Crippen LogP contribution in [0.2, 0.25) is 0 Å². The summed E-state index contributed by atoms with van der Waals surface area (Å²) in [7, 11) is 0. The number of hydrogen-bond donors (Lipinski definition) is 3. The van der Waals surface area contributed by atoms with Crippen molar-refractivity contribution in [2.45, 2.75) is 13.3 Å². The van der Waals surface area contributed by atoms with E-state index in [2.05, 4.69) is 10.3 Å². The van der Waals surface area contributed by atoms with Crippen LogP contribution < -0.4 is 11.1 Å². The number of benzene rings is 3. The van der Waals surface area contributed by atoms with Crippen LogP contribution in [0.5, 0.6) is 0 Å². The minimum absolute atomic E-state index is 0.253. The second-order valence-corrected chi connectivity index (χ2v) is 7.20. The van der Waals surface area contributed by atoms with Gasteiger partial charge in [-0.25, -0.2) is 4.79 Å². The molecule has 0 saturated carbocycles. The summed E-state index contributed by atoms with van der Waals surface area (Å²) in [4.78, 5) is 27.6. The summed E-state index contributed by atoms with van der Waals surface area (Å²) in [5, 5.41) is 3.70. The van der Waals surface area contributed by atoms with E-state index in [0.29, 0.717) is 35.7 Å². The lowest BCUT2D eigenvalue weighted by Crippen LogP contribution is -2.13. The van der Waals surface area contributed by atoms with Crippen molar-refractivity contribution >= 4 is 34.3 Å². The smallest absolute Gasteiger partial charge is 0.338 e. The van der Waals surface area contributed by atoms with Gasteiger partial charge in [0.2, 0.25) is 0 Å². The van der Waals surface area contributed by atoms with Crippen molar-refractivity contribution in [1.82, 2.24) is 4.98 Å². The first-order chi connectivity index (χ1) is 15.0. The maximum Gasteiger partial charge on any atom is 0.338 e. The molecular formula is C25H23N3O3. The van der Waals surface area contributed by atoms with Crippen molar-refractivity contribution < 1.29 is 14.3 Å². The fourth-order valence-electron chi connectivity index (χ4n) is 3.52. The number of esters is 1. The number of ether oxygens (including phenoxy) is 1. The van der Waals surface area contributed by atoms with Crippen molar-refractivity contribution in [3.63, 3.8) is 0 Å². The highest BCUT2D eigenvalue weighted by Crippen LogP contribution is 2.25. The number of hydrogen-bond acceptors (Lipinski definition) is 4. The zero-order valence-electron chi connectivity index (χ0n) is 17.1. The van der Waals surface area contributed by atoms with Crippen molar-refractivity contribution in [2.75, 3.05) is 17.7 Å². The zero-order chi connectivity index (χ0) is 21.8. The van der Waals surface area contributed by atoms with Gasteiger partial charge in [0.1, 0.15) is 5.82 Å². The molecule has 0 aliphatic rings. The molecule has 0 bridgehead atoms. The third-order valence-electron chi connectivity index (χ3n) is 5.05. The highest BCUT2D eigenvalue weighted by atomic mass is 16.5. The highest BCUT2D eigenvalue weighted by molar-refractivity contribution is 6.16. The summed E-state index contributed by atoms with van der Waals surface area (Å²) in [5.74, 6) is -0.219. The lowest BCUT2D eigenvalue weighted by atomic mass is 10.0. The minimum Gasteiger partial charge on any atom is -0.462 e. The third-order valence-corrected chi connectivity index (χ3v) is 5.05. The predicted molar refractivity (Wildman–Crippen MR) is 122 cm³/mol. The Bertz CT molecular complexity index is 1230. The molecule has 6 nitrogen and oxygen atoms in total. The van der Waals surface area contributed by atoms with Crippen LogP contribution >= 0.6 is 0 Å². The first kappa shape index (κ1) is 20.2. The molecule has 0 aliphatic carbocycles. The minimum atomic E-state index is -0.315. The third kappa shape index (κ3) is 4.43. The molecule has 4 rings (SSSR count). The molecular weight excluding hydrogens is 390 g/mol. The summed E-state index contributed by atoms with van der Waals surface area (Å²) in [5.41, 5.74) is 10.7. The average Bonchev–Trinajstić information content (AvgIpc) is 3.11. The van der Waals surface area contributed by atoms with Gasteiger partial charge in [0, 0.05) is 16.6 Å². The van der Waals surface area contributed by atoms with Gasteiger partial charge in [0.15, 0.2) is 0 Å². The molecule has 0 atom stereocenters. The number of nitrogens with two attached hydrogens (primary N) is 1. The van der Waals surface area contributed by atoms with Gasteiger partial charge >= 0.3 is 5.97 Å². The molecule has 0 radical (unpaired) electrons. The first-order valence-corrected chi connectivity index (χ1v) is 10.1. The fourth-order valence-corrected chi connectivity index (χ4v) is 3.52. The van der Waals surface area contributed by atoms with Crippen LogP contribution in [0.25, 0.3) is 10.9 Å². The number of carbonyl (C=O) groups is 2. The molecule has 1 aromatic heterocycles. The van der Waals surface area contributed by atoms with E-state index in [1.807, 2.05) is 60.7 Å².